The van der Waals surface area contributed by atoms with Gasteiger partial charge in [0.2, 0.25) is 5.91 Å². The molecular formula is C20H38N4O2. The van der Waals surface area contributed by atoms with Gasteiger partial charge in [0.05, 0.1) is 6.04 Å². The van der Waals surface area contributed by atoms with Crippen LogP contribution in [0.4, 0.5) is 4.79 Å². The highest BCUT2D eigenvalue weighted by molar-refractivity contribution is 5.82. The van der Waals surface area contributed by atoms with Gasteiger partial charge in [0.25, 0.3) is 0 Å². The Bertz CT molecular complexity index is 466. The molecular weight excluding hydrogens is 328 g/mol. The van der Waals surface area contributed by atoms with Crippen molar-refractivity contribution in [2.24, 2.45) is 0 Å². The molecule has 150 valence electrons. The quantitative estimate of drug-likeness (QED) is 0.677. The van der Waals surface area contributed by atoms with Gasteiger partial charge < -0.3 is 16.0 Å². The Morgan fingerprint density at radius 3 is 2.08 bits per heavy atom. The number of nitrogens with zero attached hydrogens (tertiary/aromatic N) is 1. The van der Waals surface area contributed by atoms with Crippen molar-refractivity contribution in [1.82, 2.24) is 20.9 Å². The van der Waals surface area contributed by atoms with Crippen molar-refractivity contribution < 1.29 is 9.59 Å². The number of piperidine rings is 1. The van der Waals surface area contributed by atoms with Crippen LogP contribution < -0.4 is 16.0 Å². The van der Waals surface area contributed by atoms with Crippen molar-refractivity contribution in [3.8, 4) is 0 Å². The van der Waals surface area contributed by atoms with E-state index in [0.29, 0.717) is 6.04 Å². The third kappa shape index (κ3) is 6.45. The maximum Gasteiger partial charge on any atom is 0.315 e. The Labute approximate surface area is 158 Å². The van der Waals surface area contributed by atoms with E-state index in [2.05, 4.69) is 41.6 Å². The summed E-state index contributed by atoms with van der Waals surface area (Å²) < 4.78 is 0. The Balaban J connectivity index is 1.70. The first-order chi connectivity index (χ1) is 12.3. The number of amides is 3. The maximum absolute atomic E-state index is 12.5. The summed E-state index contributed by atoms with van der Waals surface area (Å²) in [5.41, 5.74) is -0.164. The molecule has 0 unspecified atom stereocenters. The second-order valence-corrected chi connectivity index (χ2v) is 8.67. The van der Waals surface area contributed by atoms with Gasteiger partial charge in [0, 0.05) is 30.7 Å². The number of nitrogens with one attached hydrogen (secondary N) is 3. The lowest BCUT2D eigenvalue weighted by Crippen LogP contribution is -2.55. The van der Waals surface area contributed by atoms with E-state index >= 15 is 0 Å². The topological polar surface area (TPSA) is 73.5 Å². The standard InChI is InChI=1S/C20H38N4O2/c1-5-20(3,4)23-18(25)15(2)24-13-11-17(12-14-24)22-19(26)21-16-9-7-6-8-10-16/h15-17H,5-14H2,1-4H3,(H,23,25)(H2,21,22,26)/t15-/m1/s1. The molecule has 6 nitrogen and oxygen atoms in total. The molecule has 3 amide bonds. The number of hydrogen-bond donors (Lipinski definition) is 3. The van der Waals surface area contributed by atoms with Gasteiger partial charge in [-0.15, -0.1) is 0 Å². The highest BCUT2D eigenvalue weighted by atomic mass is 16.2. The zero-order valence-electron chi connectivity index (χ0n) is 17.1. The third-order valence-corrected chi connectivity index (χ3v) is 6.08. The SMILES string of the molecule is CCC(C)(C)NC(=O)[C@@H](C)N1CCC(NC(=O)NC2CCCCC2)CC1. The summed E-state index contributed by atoms with van der Waals surface area (Å²) in [5.74, 6) is 0.0956. The molecule has 2 aliphatic rings. The number of rotatable bonds is 6. The zero-order chi connectivity index (χ0) is 19.2. The van der Waals surface area contributed by atoms with Gasteiger partial charge >= 0.3 is 6.03 Å². The average molecular weight is 367 g/mol. The first-order valence-corrected chi connectivity index (χ1v) is 10.4. The summed E-state index contributed by atoms with van der Waals surface area (Å²) >= 11 is 0. The van der Waals surface area contributed by atoms with Gasteiger partial charge in [-0.25, -0.2) is 4.79 Å². The smallest absolute Gasteiger partial charge is 0.315 e. The second-order valence-electron chi connectivity index (χ2n) is 8.67. The number of hydrogen-bond acceptors (Lipinski definition) is 3. The lowest BCUT2D eigenvalue weighted by atomic mass is 9.96. The normalized spacial score (nSPS) is 21.8. The molecule has 1 heterocycles. The van der Waals surface area contributed by atoms with Gasteiger partial charge in [-0.3, -0.25) is 9.69 Å². The minimum atomic E-state index is -0.164. The van der Waals surface area contributed by atoms with E-state index in [4.69, 9.17) is 0 Å². The molecule has 1 atom stereocenters. The molecule has 6 heteroatoms. The first-order valence-electron chi connectivity index (χ1n) is 10.4. The highest BCUT2D eigenvalue weighted by Crippen LogP contribution is 2.18. The van der Waals surface area contributed by atoms with Gasteiger partial charge in [0.1, 0.15) is 0 Å². The molecule has 0 radical (unpaired) electrons. The molecule has 26 heavy (non-hydrogen) atoms. The zero-order valence-corrected chi connectivity index (χ0v) is 17.1. The first kappa shape index (κ1) is 21.0. The van der Waals surface area contributed by atoms with Crippen molar-refractivity contribution in [3.05, 3.63) is 0 Å². The van der Waals surface area contributed by atoms with Crippen molar-refractivity contribution in [3.63, 3.8) is 0 Å². The van der Waals surface area contributed by atoms with Crippen LogP contribution in [-0.4, -0.2) is 53.6 Å². The van der Waals surface area contributed by atoms with E-state index < -0.39 is 0 Å². The molecule has 1 saturated carbocycles. The Kier molecular flexibility index (Phi) is 7.74. The lowest BCUT2D eigenvalue weighted by Gasteiger charge is -2.37. The number of urea groups is 1. The second kappa shape index (κ2) is 9.58. The summed E-state index contributed by atoms with van der Waals surface area (Å²) in [6.45, 7) is 9.85. The van der Waals surface area contributed by atoms with E-state index in [9.17, 15) is 9.59 Å². The molecule has 0 aromatic heterocycles. The molecule has 0 aromatic rings. The Hall–Kier alpha value is -1.30. The van der Waals surface area contributed by atoms with E-state index in [0.717, 1.165) is 45.2 Å². The molecule has 1 aliphatic carbocycles. The van der Waals surface area contributed by atoms with Crippen LogP contribution in [0.2, 0.25) is 0 Å². The maximum atomic E-state index is 12.5. The van der Waals surface area contributed by atoms with E-state index in [-0.39, 0.29) is 29.6 Å². The fourth-order valence-corrected chi connectivity index (χ4v) is 3.78. The molecule has 0 spiro atoms. The fraction of sp³-hybridized carbons (Fsp3) is 0.900. The molecule has 2 rings (SSSR count). The van der Waals surface area contributed by atoms with E-state index in [1.807, 2.05) is 6.92 Å². The van der Waals surface area contributed by atoms with Crippen LogP contribution in [0.1, 0.15) is 79.1 Å². The molecule has 1 aliphatic heterocycles. The monoisotopic (exact) mass is 366 g/mol. The van der Waals surface area contributed by atoms with Crippen LogP contribution in [0.3, 0.4) is 0 Å². The average Bonchev–Trinajstić information content (AvgIpc) is 2.62. The Morgan fingerprint density at radius 2 is 1.54 bits per heavy atom. The predicted molar refractivity (Wildman–Crippen MR) is 105 cm³/mol. The van der Waals surface area contributed by atoms with Crippen LogP contribution in [0.5, 0.6) is 0 Å². The van der Waals surface area contributed by atoms with Crippen LogP contribution in [0.25, 0.3) is 0 Å². The number of carbonyl (C=O) groups excluding carboxylic acids is 2. The van der Waals surface area contributed by atoms with Crippen molar-refractivity contribution >= 4 is 11.9 Å². The van der Waals surface area contributed by atoms with Crippen molar-refractivity contribution in [2.45, 2.75) is 103 Å². The van der Waals surface area contributed by atoms with Crippen LogP contribution in [-0.2, 0) is 4.79 Å². The molecule has 3 N–H and O–H groups in total. The minimum Gasteiger partial charge on any atom is -0.350 e. The summed E-state index contributed by atoms with van der Waals surface area (Å²) in [4.78, 5) is 26.9. The van der Waals surface area contributed by atoms with Crippen LogP contribution in [0, 0.1) is 0 Å². The summed E-state index contributed by atoms with van der Waals surface area (Å²) in [6.07, 6.45) is 8.64. The summed E-state index contributed by atoms with van der Waals surface area (Å²) in [6, 6.07) is 0.398. The fourth-order valence-electron chi connectivity index (χ4n) is 3.78. The number of carbonyl (C=O) groups is 2. The summed E-state index contributed by atoms with van der Waals surface area (Å²) in [5, 5.41) is 9.38. The van der Waals surface area contributed by atoms with Crippen LogP contribution >= 0.6 is 0 Å². The largest absolute Gasteiger partial charge is 0.350 e. The van der Waals surface area contributed by atoms with Gasteiger partial charge in [-0.2, -0.15) is 0 Å². The predicted octanol–water partition coefficient (Wildman–Crippen LogP) is 2.78. The lowest BCUT2D eigenvalue weighted by molar-refractivity contribution is -0.128. The Morgan fingerprint density at radius 1 is 1.00 bits per heavy atom. The van der Waals surface area contributed by atoms with E-state index in [1.165, 1.54) is 19.3 Å². The highest BCUT2D eigenvalue weighted by Gasteiger charge is 2.29. The molecule has 0 aromatic carbocycles. The van der Waals surface area contributed by atoms with Crippen molar-refractivity contribution in [2.75, 3.05) is 13.1 Å². The molecule has 1 saturated heterocycles. The van der Waals surface area contributed by atoms with Gasteiger partial charge in [-0.05, 0) is 52.9 Å². The van der Waals surface area contributed by atoms with Crippen LogP contribution in [0.15, 0.2) is 0 Å². The number of likely N-dealkylation sites (tertiary alicyclic amines) is 1. The van der Waals surface area contributed by atoms with Gasteiger partial charge in [-0.1, -0.05) is 26.2 Å². The van der Waals surface area contributed by atoms with Crippen molar-refractivity contribution in [1.29, 1.82) is 0 Å². The third-order valence-electron chi connectivity index (χ3n) is 6.08. The molecule has 0 bridgehead atoms. The summed E-state index contributed by atoms with van der Waals surface area (Å²) in [7, 11) is 0. The van der Waals surface area contributed by atoms with E-state index in [1.54, 1.807) is 0 Å². The minimum absolute atomic E-state index is 0.0224. The van der Waals surface area contributed by atoms with Gasteiger partial charge in [0.15, 0.2) is 0 Å². The molecule has 2 fully saturated rings.